The fourth-order valence-electron chi connectivity index (χ4n) is 1.66. The molecule has 0 unspecified atom stereocenters. The molecule has 1 aromatic heterocycles. The van der Waals surface area contributed by atoms with Crippen LogP contribution in [0.25, 0.3) is 11.0 Å². The molecule has 0 bridgehead atoms. The second kappa shape index (κ2) is 2.98. The lowest BCUT2D eigenvalue weighted by Gasteiger charge is -1.98. The first kappa shape index (κ1) is 9.00. The maximum absolute atomic E-state index is 11.2. The van der Waals surface area contributed by atoms with Gasteiger partial charge in [0.15, 0.2) is 5.78 Å². The van der Waals surface area contributed by atoms with Gasteiger partial charge in [0.1, 0.15) is 11.3 Å². The maximum Gasteiger partial charge on any atom is 0.159 e. The van der Waals surface area contributed by atoms with Crippen molar-refractivity contribution in [1.82, 2.24) is 0 Å². The van der Waals surface area contributed by atoms with Gasteiger partial charge in [-0.25, -0.2) is 0 Å². The van der Waals surface area contributed by atoms with Crippen LogP contribution in [0.4, 0.5) is 0 Å². The van der Waals surface area contributed by atoms with Gasteiger partial charge in [-0.05, 0) is 44.5 Å². The van der Waals surface area contributed by atoms with E-state index in [0.29, 0.717) is 0 Å². The Bertz CT molecular complexity index is 506. The molecule has 0 fully saturated rings. The number of rotatable bonds is 1. The molecule has 0 aliphatic carbocycles. The zero-order chi connectivity index (χ0) is 10.3. The molecule has 2 aromatic rings. The van der Waals surface area contributed by atoms with E-state index < -0.39 is 0 Å². The number of Topliss-reactive ketones (excluding diaryl/α,β-unsaturated/α-hetero) is 1. The Morgan fingerprint density at radius 3 is 2.57 bits per heavy atom. The Kier molecular flexibility index (Phi) is 1.92. The van der Waals surface area contributed by atoms with E-state index in [4.69, 9.17) is 4.42 Å². The van der Waals surface area contributed by atoms with E-state index in [0.717, 1.165) is 27.9 Å². The summed E-state index contributed by atoms with van der Waals surface area (Å²) in [6.45, 7) is 5.44. The lowest BCUT2D eigenvalue weighted by atomic mass is 10.1. The molecule has 0 saturated carbocycles. The molecule has 0 aliphatic rings. The number of carbonyl (C=O) groups excluding carboxylic acids is 1. The summed E-state index contributed by atoms with van der Waals surface area (Å²) in [6.07, 6.45) is 0. The summed E-state index contributed by atoms with van der Waals surface area (Å²) in [7, 11) is 0. The second-order valence-electron chi connectivity index (χ2n) is 3.62. The van der Waals surface area contributed by atoms with Crippen molar-refractivity contribution in [2.45, 2.75) is 20.8 Å². The van der Waals surface area contributed by atoms with Gasteiger partial charge in [-0.1, -0.05) is 0 Å². The summed E-state index contributed by atoms with van der Waals surface area (Å²) < 4.78 is 5.52. The van der Waals surface area contributed by atoms with E-state index in [2.05, 4.69) is 0 Å². The Morgan fingerprint density at radius 2 is 1.93 bits per heavy atom. The zero-order valence-electron chi connectivity index (χ0n) is 8.55. The Labute approximate surface area is 82.5 Å². The van der Waals surface area contributed by atoms with E-state index in [1.165, 1.54) is 0 Å². The summed E-state index contributed by atoms with van der Waals surface area (Å²) in [5.74, 6) is 0.970. The maximum atomic E-state index is 11.2. The normalized spacial score (nSPS) is 10.8. The van der Waals surface area contributed by atoms with E-state index in [-0.39, 0.29) is 5.78 Å². The van der Waals surface area contributed by atoms with Crippen LogP contribution in [0.5, 0.6) is 0 Å². The molecule has 0 spiro atoms. The van der Waals surface area contributed by atoms with Crippen LogP contribution in [-0.2, 0) is 0 Å². The van der Waals surface area contributed by atoms with Gasteiger partial charge in [-0.2, -0.15) is 0 Å². The van der Waals surface area contributed by atoms with Crippen molar-refractivity contribution in [3.63, 3.8) is 0 Å². The molecule has 1 aromatic carbocycles. The average Bonchev–Trinajstić information content (AvgIpc) is 2.45. The van der Waals surface area contributed by atoms with Gasteiger partial charge in [-0.15, -0.1) is 0 Å². The van der Waals surface area contributed by atoms with Gasteiger partial charge < -0.3 is 4.42 Å². The minimum absolute atomic E-state index is 0.0915. The Morgan fingerprint density at radius 1 is 1.21 bits per heavy atom. The Hall–Kier alpha value is -1.57. The van der Waals surface area contributed by atoms with Gasteiger partial charge >= 0.3 is 0 Å². The third-order valence-electron chi connectivity index (χ3n) is 2.33. The summed E-state index contributed by atoms with van der Waals surface area (Å²) in [5.41, 5.74) is 2.64. The van der Waals surface area contributed by atoms with Gasteiger partial charge in [0.2, 0.25) is 0 Å². The van der Waals surface area contributed by atoms with Gasteiger partial charge in [0.25, 0.3) is 0 Å². The molecule has 0 amide bonds. The van der Waals surface area contributed by atoms with Crippen LogP contribution in [0.3, 0.4) is 0 Å². The van der Waals surface area contributed by atoms with Crippen molar-refractivity contribution >= 4 is 16.8 Å². The quantitative estimate of drug-likeness (QED) is 0.643. The van der Waals surface area contributed by atoms with Crippen LogP contribution < -0.4 is 0 Å². The van der Waals surface area contributed by atoms with Gasteiger partial charge in [0, 0.05) is 10.9 Å². The molecule has 14 heavy (non-hydrogen) atoms. The summed E-state index contributed by atoms with van der Waals surface area (Å²) in [4.78, 5) is 11.2. The highest BCUT2D eigenvalue weighted by Crippen LogP contribution is 2.24. The third-order valence-corrected chi connectivity index (χ3v) is 2.33. The first-order valence-electron chi connectivity index (χ1n) is 4.59. The number of ketones is 1. The van der Waals surface area contributed by atoms with Crippen LogP contribution in [0.1, 0.15) is 28.6 Å². The molecule has 2 heteroatoms. The van der Waals surface area contributed by atoms with Crippen molar-refractivity contribution in [3.05, 3.63) is 35.1 Å². The minimum atomic E-state index is 0.0915. The smallest absolute Gasteiger partial charge is 0.159 e. The molecule has 1 heterocycles. The number of furan rings is 1. The van der Waals surface area contributed by atoms with E-state index in [1.54, 1.807) is 6.92 Å². The molecule has 2 rings (SSSR count). The lowest BCUT2D eigenvalue weighted by Crippen LogP contribution is -1.92. The third kappa shape index (κ3) is 1.33. The molecule has 72 valence electrons. The number of aryl methyl sites for hydroxylation is 2. The number of carbonyl (C=O) groups is 1. The molecule has 0 radical (unpaired) electrons. The molecule has 0 aliphatic heterocycles. The highest BCUT2D eigenvalue weighted by atomic mass is 16.3. The van der Waals surface area contributed by atoms with Gasteiger partial charge in [-0.3, -0.25) is 4.79 Å². The monoisotopic (exact) mass is 188 g/mol. The highest BCUT2D eigenvalue weighted by molar-refractivity contribution is 5.98. The second-order valence-corrected chi connectivity index (χ2v) is 3.62. The topological polar surface area (TPSA) is 30.2 Å². The number of hydrogen-bond donors (Lipinski definition) is 0. The van der Waals surface area contributed by atoms with Crippen molar-refractivity contribution in [3.8, 4) is 0 Å². The minimum Gasteiger partial charge on any atom is -0.461 e. The van der Waals surface area contributed by atoms with E-state index in [9.17, 15) is 4.79 Å². The lowest BCUT2D eigenvalue weighted by molar-refractivity contribution is 0.101. The van der Waals surface area contributed by atoms with Crippen LogP contribution in [-0.4, -0.2) is 5.78 Å². The molecule has 0 N–H and O–H groups in total. The summed E-state index contributed by atoms with van der Waals surface area (Å²) in [6, 6.07) is 5.70. The van der Waals surface area contributed by atoms with Crippen LogP contribution in [0.15, 0.2) is 22.6 Å². The SMILES string of the molecule is CC(=O)c1cc(C)c2oc(C)cc2c1. The molecule has 2 nitrogen and oxygen atoms in total. The van der Waals surface area contributed by atoms with Crippen molar-refractivity contribution < 1.29 is 9.21 Å². The van der Waals surface area contributed by atoms with Crippen molar-refractivity contribution in [2.75, 3.05) is 0 Å². The molecular formula is C12H12O2. The van der Waals surface area contributed by atoms with E-state index >= 15 is 0 Å². The van der Waals surface area contributed by atoms with Crippen LogP contribution in [0, 0.1) is 13.8 Å². The van der Waals surface area contributed by atoms with Crippen molar-refractivity contribution in [1.29, 1.82) is 0 Å². The van der Waals surface area contributed by atoms with Crippen molar-refractivity contribution in [2.24, 2.45) is 0 Å². The summed E-state index contributed by atoms with van der Waals surface area (Å²) >= 11 is 0. The summed E-state index contributed by atoms with van der Waals surface area (Å²) in [5, 5.41) is 1.01. The predicted molar refractivity (Wildman–Crippen MR) is 55.7 cm³/mol. The standard InChI is InChI=1S/C12H12O2/c1-7-4-10(9(3)13)6-11-5-8(2)14-12(7)11/h4-6H,1-3H3. The molecule has 0 atom stereocenters. The Balaban J connectivity index is 2.77. The highest BCUT2D eigenvalue weighted by Gasteiger charge is 2.07. The number of hydrogen-bond acceptors (Lipinski definition) is 2. The first-order valence-corrected chi connectivity index (χ1v) is 4.59. The zero-order valence-corrected chi connectivity index (χ0v) is 8.55. The first-order chi connectivity index (χ1) is 6.58. The number of fused-ring (bicyclic) bond motifs is 1. The van der Waals surface area contributed by atoms with Crippen LogP contribution >= 0.6 is 0 Å². The van der Waals surface area contributed by atoms with Crippen LogP contribution in [0.2, 0.25) is 0 Å². The van der Waals surface area contributed by atoms with E-state index in [1.807, 2.05) is 32.0 Å². The predicted octanol–water partition coefficient (Wildman–Crippen LogP) is 3.25. The fraction of sp³-hybridized carbons (Fsp3) is 0.250. The fourth-order valence-corrected chi connectivity index (χ4v) is 1.66. The molecule has 0 saturated heterocycles. The number of benzene rings is 1. The largest absolute Gasteiger partial charge is 0.461 e. The van der Waals surface area contributed by atoms with Gasteiger partial charge in [0.05, 0.1) is 0 Å². The molecular weight excluding hydrogens is 176 g/mol. The average molecular weight is 188 g/mol.